The molecule has 0 saturated heterocycles. The van der Waals surface area contributed by atoms with Gasteiger partial charge in [-0.1, -0.05) is 6.92 Å². The number of aromatic nitrogens is 3. The van der Waals surface area contributed by atoms with Crippen LogP contribution >= 0.6 is 0 Å². The van der Waals surface area contributed by atoms with Gasteiger partial charge in [-0.15, -0.1) is 0 Å². The first-order chi connectivity index (χ1) is 8.79. The lowest BCUT2D eigenvalue weighted by Gasteiger charge is -2.12. The zero-order valence-electron chi connectivity index (χ0n) is 10.7. The van der Waals surface area contributed by atoms with E-state index in [-0.39, 0.29) is 0 Å². The molecule has 0 spiro atoms. The maximum absolute atomic E-state index is 10.1. The Morgan fingerprint density at radius 3 is 2.72 bits per heavy atom. The van der Waals surface area contributed by atoms with Gasteiger partial charge < -0.3 is 9.67 Å². The van der Waals surface area contributed by atoms with Crippen molar-refractivity contribution in [2.75, 3.05) is 0 Å². The van der Waals surface area contributed by atoms with E-state index in [1.54, 1.807) is 18.6 Å². The van der Waals surface area contributed by atoms with Crippen molar-refractivity contribution in [1.82, 2.24) is 14.5 Å². The van der Waals surface area contributed by atoms with Crippen LogP contribution in [0.4, 0.5) is 0 Å². The average Bonchev–Trinajstić information content (AvgIpc) is 2.78. The van der Waals surface area contributed by atoms with Crippen molar-refractivity contribution in [2.24, 2.45) is 0 Å². The molecule has 0 radical (unpaired) electrons. The molecule has 2 aromatic rings. The van der Waals surface area contributed by atoms with Gasteiger partial charge in [-0.2, -0.15) is 0 Å². The normalized spacial score (nSPS) is 12.6. The maximum atomic E-state index is 10.1. The number of pyridine rings is 1. The van der Waals surface area contributed by atoms with E-state index in [1.165, 1.54) is 0 Å². The van der Waals surface area contributed by atoms with Crippen molar-refractivity contribution in [3.63, 3.8) is 0 Å². The van der Waals surface area contributed by atoms with E-state index in [0.717, 1.165) is 24.4 Å². The van der Waals surface area contributed by atoms with Crippen LogP contribution in [0.15, 0.2) is 36.9 Å². The van der Waals surface area contributed by atoms with Crippen molar-refractivity contribution >= 4 is 0 Å². The van der Waals surface area contributed by atoms with E-state index in [9.17, 15) is 5.11 Å². The van der Waals surface area contributed by atoms with Crippen LogP contribution in [0.5, 0.6) is 0 Å². The third-order valence-electron chi connectivity index (χ3n) is 2.91. The molecule has 2 rings (SSSR count). The van der Waals surface area contributed by atoms with Crippen LogP contribution < -0.4 is 0 Å². The van der Waals surface area contributed by atoms with Crippen LogP contribution in [0, 0.1) is 0 Å². The number of aryl methyl sites for hydroxylation is 1. The summed E-state index contributed by atoms with van der Waals surface area (Å²) >= 11 is 0. The van der Waals surface area contributed by atoms with Crippen LogP contribution in [0.1, 0.15) is 24.7 Å². The number of nitrogens with zero attached hydrogens (tertiary/aromatic N) is 3. The molecule has 4 heteroatoms. The summed E-state index contributed by atoms with van der Waals surface area (Å²) in [7, 11) is 0. The van der Waals surface area contributed by atoms with E-state index in [4.69, 9.17) is 0 Å². The molecule has 2 aromatic heterocycles. The summed E-state index contributed by atoms with van der Waals surface area (Å²) in [6.07, 6.45) is 9.17. The maximum Gasteiger partial charge on any atom is 0.111 e. The van der Waals surface area contributed by atoms with Gasteiger partial charge >= 0.3 is 0 Å². The second kappa shape index (κ2) is 6.31. The third-order valence-corrected chi connectivity index (χ3v) is 2.91. The monoisotopic (exact) mass is 245 g/mol. The number of rotatable bonds is 6. The molecule has 1 N–H and O–H groups in total. The predicted octanol–water partition coefficient (Wildman–Crippen LogP) is 1.83. The fraction of sp³-hybridized carbons (Fsp3) is 0.429. The highest BCUT2D eigenvalue weighted by Crippen LogP contribution is 2.08. The van der Waals surface area contributed by atoms with Gasteiger partial charge in [0.25, 0.3) is 0 Å². The van der Waals surface area contributed by atoms with Crippen LogP contribution in [-0.4, -0.2) is 25.7 Å². The first-order valence-corrected chi connectivity index (χ1v) is 6.36. The Kier molecular flexibility index (Phi) is 4.47. The van der Waals surface area contributed by atoms with Gasteiger partial charge in [0.1, 0.15) is 5.82 Å². The fourth-order valence-electron chi connectivity index (χ4n) is 2.05. The first-order valence-electron chi connectivity index (χ1n) is 6.36. The molecular formula is C14H19N3O. The standard InChI is InChI=1S/C14H19N3O/c1-2-8-17-9-7-16-14(17)11-13(18)10-12-3-5-15-6-4-12/h3-7,9,13,18H,2,8,10-11H2,1H3. The summed E-state index contributed by atoms with van der Waals surface area (Å²) < 4.78 is 2.11. The quantitative estimate of drug-likeness (QED) is 0.844. The Bertz CT molecular complexity index is 467. The number of hydrogen-bond donors (Lipinski definition) is 1. The van der Waals surface area contributed by atoms with Crippen molar-refractivity contribution in [3.8, 4) is 0 Å². The summed E-state index contributed by atoms with van der Waals surface area (Å²) in [6.45, 7) is 3.09. The minimum atomic E-state index is -0.398. The van der Waals surface area contributed by atoms with Gasteiger partial charge in [0.15, 0.2) is 0 Å². The zero-order chi connectivity index (χ0) is 12.8. The molecule has 0 aliphatic heterocycles. The van der Waals surface area contributed by atoms with Gasteiger partial charge in [0.2, 0.25) is 0 Å². The molecule has 0 aliphatic rings. The average molecular weight is 245 g/mol. The molecule has 96 valence electrons. The smallest absolute Gasteiger partial charge is 0.111 e. The van der Waals surface area contributed by atoms with E-state index >= 15 is 0 Å². The van der Waals surface area contributed by atoms with Crippen LogP contribution in [-0.2, 0) is 19.4 Å². The summed E-state index contributed by atoms with van der Waals surface area (Å²) in [6, 6.07) is 3.86. The SMILES string of the molecule is CCCn1ccnc1CC(O)Cc1ccncc1. The Morgan fingerprint density at radius 1 is 1.22 bits per heavy atom. The first kappa shape index (κ1) is 12.8. The van der Waals surface area contributed by atoms with Gasteiger partial charge in [0.05, 0.1) is 6.10 Å². The lowest BCUT2D eigenvalue weighted by molar-refractivity contribution is 0.171. The fourth-order valence-corrected chi connectivity index (χ4v) is 2.05. The van der Waals surface area contributed by atoms with Crippen molar-refractivity contribution in [1.29, 1.82) is 0 Å². The minimum absolute atomic E-state index is 0.398. The van der Waals surface area contributed by atoms with Gasteiger partial charge in [-0.25, -0.2) is 4.98 Å². The highest BCUT2D eigenvalue weighted by Gasteiger charge is 2.10. The lowest BCUT2D eigenvalue weighted by atomic mass is 10.1. The summed E-state index contributed by atoms with van der Waals surface area (Å²) in [5, 5.41) is 10.1. The zero-order valence-corrected chi connectivity index (χ0v) is 10.7. The minimum Gasteiger partial charge on any atom is -0.392 e. The Hall–Kier alpha value is -1.68. The van der Waals surface area contributed by atoms with Crippen molar-refractivity contribution < 1.29 is 5.11 Å². The topological polar surface area (TPSA) is 50.9 Å². The number of imidazole rings is 1. The second-order valence-corrected chi connectivity index (χ2v) is 4.45. The van der Waals surface area contributed by atoms with Crippen LogP contribution in [0.25, 0.3) is 0 Å². The molecule has 0 bridgehead atoms. The Morgan fingerprint density at radius 2 is 2.00 bits per heavy atom. The highest BCUT2D eigenvalue weighted by molar-refractivity contribution is 5.11. The van der Waals surface area contributed by atoms with E-state index in [0.29, 0.717) is 12.8 Å². The Labute approximate surface area is 107 Å². The molecule has 1 atom stereocenters. The van der Waals surface area contributed by atoms with Gasteiger partial charge in [-0.3, -0.25) is 4.98 Å². The Balaban J connectivity index is 1.94. The molecule has 4 nitrogen and oxygen atoms in total. The summed E-state index contributed by atoms with van der Waals surface area (Å²) in [4.78, 5) is 8.28. The molecular weight excluding hydrogens is 226 g/mol. The van der Waals surface area contributed by atoms with Gasteiger partial charge in [0, 0.05) is 37.8 Å². The molecule has 0 aliphatic carbocycles. The highest BCUT2D eigenvalue weighted by atomic mass is 16.3. The number of aliphatic hydroxyl groups excluding tert-OH is 1. The van der Waals surface area contributed by atoms with E-state index in [1.807, 2.05) is 18.3 Å². The molecule has 18 heavy (non-hydrogen) atoms. The van der Waals surface area contributed by atoms with Crippen LogP contribution in [0.2, 0.25) is 0 Å². The van der Waals surface area contributed by atoms with Crippen molar-refractivity contribution in [3.05, 3.63) is 48.3 Å². The van der Waals surface area contributed by atoms with Crippen molar-refractivity contribution in [2.45, 2.75) is 38.8 Å². The summed E-state index contributed by atoms with van der Waals surface area (Å²) in [5.41, 5.74) is 1.10. The molecule has 0 amide bonds. The lowest BCUT2D eigenvalue weighted by Crippen LogP contribution is -2.17. The third kappa shape index (κ3) is 3.40. The molecule has 2 heterocycles. The van der Waals surface area contributed by atoms with Gasteiger partial charge in [-0.05, 0) is 30.5 Å². The second-order valence-electron chi connectivity index (χ2n) is 4.45. The molecule has 0 saturated carbocycles. The molecule has 0 aromatic carbocycles. The van der Waals surface area contributed by atoms with E-state index in [2.05, 4.69) is 21.5 Å². The predicted molar refractivity (Wildman–Crippen MR) is 70.2 cm³/mol. The largest absolute Gasteiger partial charge is 0.392 e. The summed E-state index contributed by atoms with van der Waals surface area (Å²) in [5.74, 6) is 0.957. The molecule has 0 fully saturated rings. The number of aliphatic hydroxyl groups is 1. The van der Waals surface area contributed by atoms with E-state index < -0.39 is 6.10 Å². The number of hydrogen-bond acceptors (Lipinski definition) is 3. The molecule has 1 unspecified atom stereocenters. The van der Waals surface area contributed by atoms with Crippen LogP contribution in [0.3, 0.4) is 0 Å².